The molecule has 8 heteroatoms. The van der Waals surface area contributed by atoms with Gasteiger partial charge < -0.3 is 24.5 Å². The van der Waals surface area contributed by atoms with E-state index in [1.165, 1.54) is 6.07 Å². The highest BCUT2D eigenvalue weighted by atomic mass is 16.6. The molecule has 4 rings (SSSR count). The standard InChI is InChI=1S/C20H17N3O5/c1-26-14-4-2-3-12(9-14)15-11-16(23-20(25)22-15)19(24)21-13-5-6-17-18(10-13)28-8-7-27-17/h2-6,9-11H,7-8H2,1H3,(H,21,24)(H,22,23,25). The molecule has 1 aliphatic heterocycles. The van der Waals surface area contributed by atoms with Crippen LogP contribution in [0.5, 0.6) is 17.2 Å². The maximum Gasteiger partial charge on any atom is 0.346 e. The maximum atomic E-state index is 12.6. The van der Waals surface area contributed by atoms with E-state index in [0.717, 1.165) is 0 Å². The van der Waals surface area contributed by atoms with Gasteiger partial charge >= 0.3 is 5.69 Å². The van der Waals surface area contributed by atoms with Crippen LogP contribution in [0.1, 0.15) is 10.5 Å². The Bertz CT molecular complexity index is 1090. The molecule has 0 unspecified atom stereocenters. The van der Waals surface area contributed by atoms with E-state index < -0.39 is 11.6 Å². The van der Waals surface area contributed by atoms with Gasteiger partial charge in [-0.1, -0.05) is 12.1 Å². The van der Waals surface area contributed by atoms with Gasteiger partial charge in [-0.2, -0.15) is 4.98 Å². The highest BCUT2D eigenvalue weighted by Gasteiger charge is 2.15. The Kier molecular flexibility index (Phi) is 4.67. The first kappa shape index (κ1) is 17.6. The number of hydrogen-bond acceptors (Lipinski definition) is 6. The number of nitrogens with one attached hydrogen (secondary N) is 2. The summed E-state index contributed by atoms with van der Waals surface area (Å²) in [7, 11) is 1.55. The molecule has 2 aromatic carbocycles. The summed E-state index contributed by atoms with van der Waals surface area (Å²) in [6.45, 7) is 0.940. The van der Waals surface area contributed by atoms with Crippen LogP contribution in [0.4, 0.5) is 5.69 Å². The van der Waals surface area contributed by atoms with Crippen LogP contribution < -0.4 is 25.2 Å². The largest absolute Gasteiger partial charge is 0.497 e. The molecule has 0 fully saturated rings. The number of rotatable bonds is 4. The number of aromatic amines is 1. The Morgan fingerprint density at radius 2 is 1.93 bits per heavy atom. The minimum Gasteiger partial charge on any atom is -0.497 e. The number of nitrogens with zero attached hydrogens (tertiary/aromatic N) is 1. The quantitative estimate of drug-likeness (QED) is 0.722. The normalized spacial score (nSPS) is 12.3. The van der Waals surface area contributed by atoms with Gasteiger partial charge in [0.2, 0.25) is 0 Å². The minimum absolute atomic E-state index is 0.0905. The van der Waals surface area contributed by atoms with E-state index in [2.05, 4.69) is 15.3 Å². The number of aromatic nitrogens is 2. The summed E-state index contributed by atoms with van der Waals surface area (Å²) < 4.78 is 16.2. The summed E-state index contributed by atoms with van der Waals surface area (Å²) in [5, 5.41) is 2.74. The maximum absolute atomic E-state index is 12.6. The molecule has 2 heterocycles. The smallest absolute Gasteiger partial charge is 0.346 e. The van der Waals surface area contributed by atoms with Gasteiger partial charge in [-0.15, -0.1) is 0 Å². The number of ether oxygens (including phenoxy) is 3. The molecule has 3 aromatic rings. The Morgan fingerprint density at radius 3 is 2.75 bits per heavy atom. The van der Waals surface area contributed by atoms with Gasteiger partial charge in [-0.25, -0.2) is 4.79 Å². The SMILES string of the molecule is COc1cccc(-c2cc(C(=O)Nc3ccc4c(c3)OCCO4)[nH]c(=O)n2)c1. The van der Waals surface area contributed by atoms with E-state index in [1.807, 2.05) is 0 Å². The van der Waals surface area contributed by atoms with Crippen LogP contribution >= 0.6 is 0 Å². The lowest BCUT2D eigenvalue weighted by Gasteiger charge is -2.19. The van der Waals surface area contributed by atoms with Crippen LogP contribution in [-0.4, -0.2) is 36.2 Å². The molecule has 28 heavy (non-hydrogen) atoms. The average Bonchev–Trinajstić information content (AvgIpc) is 2.73. The molecule has 0 saturated carbocycles. The zero-order valence-corrected chi connectivity index (χ0v) is 15.0. The third-order valence-corrected chi connectivity index (χ3v) is 4.15. The van der Waals surface area contributed by atoms with Crippen molar-refractivity contribution in [2.75, 3.05) is 25.6 Å². The molecule has 0 bridgehead atoms. The molecule has 1 aliphatic rings. The van der Waals surface area contributed by atoms with Crippen molar-refractivity contribution in [2.45, 2.75) is 0 Å². The predicted octanol–water partition coefficient (Wildman–Crippen LogP) is 2.47. The molecule has 8 nitrogen and oxygen atoms in total. The number of methoxy groups -OCH3 is 1. The zero-order chi connectivity index (χ0) is 19.5. The summed E-state index contributed by atoms with van der Waals surface area (Å²) in [5.41, 5.74) is 1.03. The zero-order valence-electron chi connectivity index (χ0n) is 15.0. The van der Waals surface area contributed by atoms with E-state index in [-0.39, 0.29) is 5.69 Å². The van der Waals surface area contributed by atoms with Crippen molar-refractivity contribution in [3.8, 4) is 28.5 Å². The summed E-state index contributed by atoms with van der Waals surface area (Å²) in [5.74, 6) is 1.34. The van der Waals surface area contributed by atoms with E-state index in [4.69, 9.17) is 14.2 Å². The molecule has 1 aromatic heterocycles. The molecule has 0 aliphatic carbocycles. The first-order valence-electron chi connectivity index (χ1n) is 8.59. The summed E-state index contributed by atoms with van der Waals surface area (Å²) in [6, 6.07) is 13.7. The molecule has 0 radical (unpaired) electrons. The first-order valence-corrected chi connectivity index (χ1v) is 8.59. The molecule has 1 amide bonds. The van der Waals surface area contributed by atoms with E-state index in [1.54, 1.807) is 49.6 Å². The molecule has 2 N–H and O–H groups in total. The molecule has 142 valence electrons. The molecular weight excluding hydrogens is 362 g/mol. The first-order chi connectivity index (χ1) is 13.6. The number of hydrogen-bond donors (Lipinski definition) is 2. The molecule has 0 spiro atoms. The lowest BCUT2D eigenvalue weighted by Crippen LogP contribution is -2.21. The van der Waals surface area contributed by atoms with Crippen molar-refractivity contribution in [3.05, 3.63) is 64.7 Å². The van der Waals surface area contributed by atoms with Crippen LogP contribution in [0.25, 0.3) is 11.3 Å². The minimum atomic E-state index is -0.618. The fourth-order valence-corrected chi connectivity index (χ4v) is 2.83. The van der Waals surface area contributed by atoms with Crippen LogP contribution in [0, 0.1) is 0 Å². The number of anilines is 1. The second-order valence-electron chi connectivity index (χ2n) is 6.03. The van der Waals surface area contributed by atoms with Crippen LogP contribution in [-0.2, 0) is 0 Å². The topological polar surface area (TPSA) is 103 Å². The molecule has 0 saturated heterocycles. The third kappa shape index (κ3) is 3.66. The van der Waals surface area contributed by atoms with Gasteiger partial charge in [0.15, 0.2) is 11.5 Å². The summed E-state index contributed by atoms with van der Waals surface area (Å²) in [6.07, 6.45) is 0. The highest BCUT2D eigenvalue weighted by molar-refractivity contribution is 6.03. The second-order valence-corrected chi connectivity index (χ2v) is 6.03. The number of amides is 1. The molecular formula is C20H17N3O5. The number of fused-ring (bicyclic) bond motifs is 1. The second kappa shape index (κ2) is 7.43. The van der Waals surface area contributed by atoms with Gasteiger partial charge in [0, 0.05) is 17.3 Å². The summed E-state index contributed by atoms with van der Waals surface area (Å²) >= 11 is 0. The van der Waals surface area contributed by atoms with E-state index >= 15 is 0 Å². The lowest BCUT2D eigenvalue weighted by atomic mass is 10.1. The monoisotopic (exact) mass is 379 g/mol. The Morgan fingerprint density at radius 1 is 1.11 bits per heavy atom. The van der Waals surface area contributed by atoms with Crippen molar-refractivity contribution in [2.24, 2.45) is 0 Å². The number of carbonyl (C=O) groups is 1. The van der Waals surface area contributed by atoms with Gasteiger partial charge in [0.25, 0.3) is 5.91 Å². The predicted molar refractivity (Wildman–Crippen MR) is 102 cm³/mol. The van der Waals surface area contributed by atoms with Crippen LogP contribution in [0.15, 0.2) is 53.3 Å². The average molecular weight is 379 g/mol. The molecule has 0 atom stereocenters. The van der Waals surface area contributed by atoms with Gasteiger partial charge in [0.1, 0.15) is 24.7 Å². The van der Waals surface area contributed by atoms with E-state index in [0.29, 0.717) is 47.4 Å². The van der Waals surface area contributed by atoms with Crippen LogP contribution in [0.3, 0.4) is 0 Å². The Hall–Kier alpha value is -3.81. The van der Waals surface area contributed by atoms with Crippen molar-refractivity contribution < 1.29 is 19.0 Å². The Labute approximate surface area is 160 Å². The number of carbonyl (C=O) groups excluding carboxylic acids is 1. The number of H-pyrrole nitrogens is 1. The fourth-order valence-electron chi connectivity index (χ4n) is 2.83. The van der Waals surface area contributed by atoms with E-state index in [9.17, 15) is 9.59 Å². The van der Waals surface area contributed by atoms with Crippen molar-refractivity contribution in [1.29, 1.82) is 0 Å². The lowest BCUT2D eigenvalue weighted by molar-refractivity contribution is 0.102. The van der Waals surface area contributed by atoms with Gasteiger partial charge in [-0.05, 0) is 30.3 Å². The van der Waals surface area contributed by atoms with Crippen molar-refractivity contribution in [1.82, 2.24) is 9.97 Å². The summed E-state index contributed by atoms with van der Waals surface area (Å²) in [4.78, 5) is 31.0. The van der Waals surface area contributed by atoms with Crippen LogP contribution in [0.2, 0.25) is 0 Å². The van der Waals surface area contributed by atoms with Gasteiger partial charge in [-0.3, -0.25) is 4.79 Å². The Balaban J connectivity index is 1.61. The number of benzene rings is 2. The third-order valence-electron chi connectivity index (χ3n) is 4.15. The van der Waals surface area contributed by atoms with Gasteiger partial charge in [0.05, 0.1) is 12.8 Å². The van der Waals surface area contributed by atoms with Crippen molar-refractivity contribution in [3.63, 3.8) is 0 Å². The fraction of sp³-hybridized carbons (Fsp3) is 0.150. The van der Waals surface area contributed by atoms with Crippen molar-refractivity contribution >= 4 is 11.6 Å². The highest BCUT2D eigenvalue weighted by Crippen LogP contribution is 2.32.